The van der Waals surface area contributed by atoms with Crippen LogP contribution >= 0.6 is 8.20 Å². The fourth-order valence-corrected chi connectivity index (χ4v) is 6.40. The van der Waals surface area contributed by atoms with Crippen LogP contribution in [0.3, 0.4) is 0 Å². The van der Waals surface area contributed by atoms with Gasteiger partial charge in [-0.15, -0.1) is 0 Å². The first-order valence-corrected chi connectivity index (χ1v) is 12.8. The van der Waals surface area contributed by atoms with Crippen LogP contribution < -0.4 is 23.0 Å². The Morgan fingerprint density at radius 1 is 0.781 bits per heavy atom. The van der Waals surface area contributed by atoms with Crippen molar-refractivity contribution < 1.29 is 22.5 Å². The van der Waals surface area contributed by atoms with Crippen molar-refractivity contribution in [2.45, 2.75) is 104 Å². The molecule has 2 aliphatic heterocycles. The van der Waals surface area contributed by atoms with E-state index in [9.17, 15) is 0 Å². The molecule has 0 unspecified atom stereocenters. The highest BCUT2D eigenvalue weighted by Crippen LogP contribution is 2.35. The highest BCUT2D eigenvalue weighted by molar-refractivity contribution is 7.51. The zero-order valence-electron chi connectivity index (χ0n) is 21.9. The summed E-state index contributed by atoms with van der Waals surface area (Å²) in [6.45, 7) is 24.9. The number of nitrogens with one attached hydrogen (secondary N) is 1. The van der Waals surface area contributed by atoms with E-state index in [4.69, 9.17) is 0 Å². The zero-order valence-corrected chi connectivity index (χ0v) is 23.5. The Hall–Kier alpha value is -0.890. The predicted molar refractivity (Wildman–Crippen MR) is 139 cm³/mol. The van der Waals surface area contributed by atoms with Crippen molar-refractivity contribution >= 4 is 24.6 Å². The molecule has 0 aliphatic carbocycles. The lowest BCUT2D eigenvalue weighted by Crippen LogP contribution is -3.00. The molecule has 1 aromatic rings. The first kappa shape index (κ1) is 29.1. The van der Waals surface area contributed by atoms with Crippen LogP contribution in [0.4, 0.5) is 0 Å². The van der Waals surface area contributed by atoms with Crippen molar-refractivity contribution in [2.75, 3.05) is 19.6 Å². The van der Waals surface area contributed by atoms with Gasteiger partial charge in [-0.3, -0.25) is 9.89 Å². The normalized spacial score (nSPS) is 18.8. The van der Waals surface area contributed by atoms with E-state index in [0.29, 0.717) is 0 Å². The first-order chi connectivity index (χ1) is 13.8. The van der Waals surface area contributed by atoms with E-state index in [0.717, 1.165) is 6.54 Å². The van der Waals surface area contributed by atoms with Gasteiger partial charge in [-0.05, 0) is 52.2 Å². The SMILES string of the molecule is CC(C)(C)c1cc(C(C)(C)C)c(P=C2CCCC[N+]3=C2NCCC3)c(C(C)(C)C)c1.O.[Cl-]. The fraction of sp³-hybridized carbons (Fsp3) is 0.704. The molecule has 3 nitrogen and oxygen atoms in total. The van der Waals surface area contributed by atoms with Gasteiger partial charge < -0.3 is 17.9 Å². The van der Waals surface area contributed by atoms with Crippen molar-refractivity contribution in [3.63, 3.8) is 0 Å². The minimum Gasteiger partial charge on any atom is -1.00 e. The van der Waals surface area contributed by atoms with E-state index < -0.39 is 0 Å². The minimum absolute atomic E-state index is 0. The number of hydrogen-bond acceptors (Lipinski definition) is 1. The summed E-state index contributed by atoms with van der Waals surface area (Å²) in [6, 6.07) is 5.04. The first-order valence-electron chi connectivity index (χ1n) is 11.9. The van der Waals surface area contributed by atoms with Gasteiger partial charge in [0.2, 0.25) is 0 Å². The van der Waals surface area contributed by atoms with Crippen LogP contribution in [0.5, 0.6) is 0 Å². The smallest absolute Gasteiger partial charge is 0.277 e. The summed E-state index contributed by atoms with van der Waals surface area (Å²) in [4.78, 5) is 0. The Balaban J connectivity index is 0.00000256. The van der Waals surface area contributed by atoms with Gasteiger partial charge in [0, 0.05) is 11.7 Å². The molecule has 0 radical (unpaired) electrons. The van der Waals surface area contributed by atoms with Crippen molar-refractivity contribution in [1.29, 1.82) is 0 Å². The minimum atomic E-state index is 0. The molecule has 0 saturated carbocycles. The third kappa shape index (κ3) is 6.58. The molecule has 32 heavy (non-hydrogen) atoms. The lowest BCUT2D eigenvalue weighted by molar-refractivity contribution is -0.531. The maximum Gasteiger partial charge on any atom is 0.277 e. The standard InChI is InChI=1S/C27H43N2P.ClH.H2O/c1-25(2,3)19-17-20(26(4,5)6)23(21(18-19)27(7,8)9)30-22-13-10-11-15-29-16-12-14-28-24(22)29;;/h17-18H,10-16H2,1-9H3;1H;1H2. The molecule has 182 valence electrons. The molecule has 0 aromatic heterocycles. The third-order valence-electron chi connectivity index (χ3n) is 6.42. The molecule has 0 saturated heterocycles. The largest absolute Gasteiger partial charge is 1.00 e. The molecule has 0 spiro atoms. The second-order valence-corrected chi connectivity index (χ2v) is 13.5. The van der Waals surface area contributed by atoms with Crippen molar-refractivity contribution in [3.8, 4) is 0 Å². The number of benzene rings is 1. The summed E-state index contributed by atoms with van der Waals surface area (Å²) in [7, 11) is 1.41. The lowest BCUT2D eigenvalue weighted by atomic mass is 9.75. The second kappa shape index (κ2) is 10.6. The quantitative estimate of drug-likeness (QED) is 0.485. The monoisotopic (exact) mass is 480 g/mol. The topological polar surface area (TPSA) is 46.5 Å². The van der Waals surface area contributed by atoms with Crippen molar-refractivity contribution in [1.82, 2.24) is 5.32 Å². The van der Waals surface area contributed by atoms with Gasteiger partial charge in [0.05, 0.1) is 24.9 Å². The molecule has 2 heterocycles. The number of nitrogens with zero attached hydrogens (tertiary/aromatic N) is 1. The summed E-state index contributed by atoms with van der Waals surface area (Å²) < 4.78 is 2.62. The van der Waals surface area contributed by atoms with Gasteiger partial charge in [-0.2, -0.15) is 0 Å². The predicted octanol–water partition coefficient (Wildman–Crippen LogP) is 2.09. The van der Waals surface area contributed by atoms with Crippen molar-refractivity contribution in [2.24, 2.45) is 0 Å². The Labute approximate surface area is 205 Å². The summed E-state index contributed by atoms with van der Waals surface area (Å²) in [6.07, 6.45) is 5.09. The van der Waals surface area contributed by atoms with Gasteiger partial charge in [-0.25, -0.2) is 0 Å². The van der Waals surface area contributed by atoms with Crippen LogP contribution in [-0.2, 0) is 16.2 Å². The van der Waals surface area contributed by atoms with Crippen LogP contribution in [-0.4, -0.2) is 40.8 Å². The highest BCUT2D eigenvalue weighted by Gasteiger charge is 2.31. The van der Waals surface area contributed by atoms with Crippen LogP contribution in [0.2, 0.25) is 0 Å². The molecule has 1 aromatic carbocycles. The zero-order chi connectivity index (χ0) is 22.3. The fourth-order valence-electron chi connectivity index (χ4n) is 4.50. The summed E-state index contributed by atoms with van der Waals surface area (Å²) in [5, 5.41) is 6.94. The van der Waals surface area contributed by atoms with Crippen LogP contribution in [0, 0.1) is 0 Å². The Morgan fingerprint density at radius 3 is 1.81 bits per heavy atom. The van der Waals surface area contributed by atoms with E-state index in [1.165, 1.54) is 69.5 Å². The maximum absolute atomic E-state index is 3.78. The molecule has 0 atom stereocenters. The molecular formula is C27H46ClN2OP. The van der Waals surface area contributed by atoms with Gasteiger partial charge in [-0.1, -0.05) is 82.7 Å². The van der Waals surface area contributed by atoms with Crippen LogP contribution in [0.15, 0.2) is 12.1 Å². The third-order valence-corrected chi connectivity index (χ3v) is 7.83. The Morgan fingerprint density at radius 2 is 1.31 bits per heavy atom. The van der Waals surface area contributed by atoms with E-state index in [-0.39, 0.29) is 34.1 Å². The molecule has 3 N–H and O–H groups in total. The summed E-state index contributed by atoms with van der Waals surface area (Å²) in [5.74, 6) is 1.44. The molecule has 0 bridgehead atoms. The van der Waals surface area contributed by atoms with E-state index >= 15 is 0 Å². The molecule has 3 rings (SSSR count). The van der Waals surface area contributed by atoms with Crippen LogP contribution in [0.1, 0.15) is 105 Å². The van der Waals surface area contributed by atoms with Crippen molar-refractivity contribution in [3.05, 3.63) is 28.8 Å². The molecular weight excluding hydrogens is 435 g/mol. The van der Waals surface area contributed by atoms with Gasteiger partial charge in [0.15, 0.2) is 0 Å². The van der Waals surface area contributed by atoms with Gasteiger partial charge >= 0.3 is 0 Å². The number of halogens is 1. The number of hydrogen-bond donors (Lipinski definition) is 1. The van der Waals surface area contributed by atoms with Gasteiger partial charge in [0.1, 0.15) is 0 Å². The van der Waals surface area contributed by atoms with E-state index in [1.54, 1.807) is 10.6 Å². The number of rotatable bonds is 1. The summed E-state index contributed by atoms with van der Waals surface area (Å²) in [5.41, 5.74) is 4.93. The maximum atomic E-state index is 3.78. The number of amidine groups is 1. The average molecular weight is 481 g/mol. The molecule has 0 amide bonds. The van der Waals surface area contributed by atoms with Gasteiger partial charge in [0.25, 0.3) is 5.84 Å². The van der Waals surface area contributed by atoms with Crippen LogP contribution in [0.25, 0.3) is 0 Å². The highest BCUT2D eigenvalue weighted by atomic mass is 35.5. The van der Waals surface area contributed by atoms with E-state index in [2.05, 4.69) is 84.3 Å². The molecule has 0 fully saturated rings. The molecule has 2 aliphatic rings. The van der Waals surface area contributed by atoms with E-state index in [1.807, 2.05) is 0 Å². The second-order valence-electron chi connectivity index (χ2n) is 12.3. The summed E-state index contributed by atoms with van der Waals surface area (Å²) >= 11 is 0. The molecule has 5 heteroatoms. The average Bonchev–Trinajstić information content (AvgIpc) is 2.81. The lowest BCUT2D eigenvalue weighted by Gasteiger charge is -2.32. The Bertz CT molecular complexity index is 832. The Kier molecular flexibility index (Phi) is 9.63.